The van der Waals surface area contributed by atoms with E-state index >= 15 is 0 Å². The van der Waals surface area contributed by atoms with Gasteiger partial charge < -0.3 is 15.3 Å². The number of nitrogens with zero attached hydrogens (tertiary/aromatic N) is 3. The minimum atomic E-state index is -0.117. The van der Waals surface area contributed by atoms with Crippen LogP contribution in [0.4, 0.5) is 11.5 Å². The van der Waals surface area contributed by atoms with Crippen molar-refractivity contribution in [2.24, 2.45) is 0 Å². The maximum Gasteiger partial charge on any atom is 0.255 e. The number of nitrogens with one attached hydrogen (secondary N) is 1. The molecule has 1 aliphatic rings. The molecule has 1 aliphatic heterocycles. The van der Waals surface area contributed by atoms with Crippen molar-refractivity contribution < 1.29 is 9.90 Å². The zero-order valence-electron chi connectivity index (χ0n) is 18.7. The van der Waals surface area contributed by atoms with Crippen LogP contribution in [-0.4, -0.2) is 47.1 Å². The molecule has 3 aromatic rings. The zero-order valence-corrected chi connectivity index (χ0v) is 18.7. The number of hydrogen-bond donors (Lipinski definition) is 2. The Morgan fingerprint density at radius 1 is 1.12 bits per heavy atom. The fourth-order valence-corrected chi connectivity index (χ4v) is 4.24. The van der Waals surface area contributed by atoms with Gasteiger partial charge in [0.15, 0.2) is 0 Å². The summed E-state index contributed by atoms with van der Waals surface area (Å²) in [4.78, 5) is 21.8. The minimum Gasteiger partial charge on any atom is -0.508 e. The number of phenols is 1. The SMILES string of the molecule is Cc1cccc(C(=O)Nc2ccnc(N(C)C3CCN(Cc4cccc(O)c4)CC3)c2)c1. The highest BCUT2D eigenvalue weighted by molar-refractivity contribution is 6.04. The van der Waals surface area contributed by atoms with Gasteiger partial charge in [-0.2, -0.15) is 0 Å². The first kappa shape index (κ1) is 21.8. The van der Waals surface area contributed by atoms with Crippen LogP contribution in [0.1, 0.15) is 34.3 Å². The highest BCUT2D eigenvalue weighted by Crippen LogP contribution is 2.24. The van der Waals surface area contributed by atoms with Gasteiger partial charge in [-0.3, -0.25) is 9.69 Å². The molecule has 0 unspecified atom stereocenters. The van der Waals surface area contributed by atoms with Gasteiger partial charge in [0.25, 0.3) is 5.91 Å². The quantitative estimate of drug-likeness (QED) is 0.605. The Bertz CT molecular complexity index is 1080. The summed E-state index contributed by atoms with van der Waals surface area (Å²) in [6.45, 7) is 4.82. The minimum absolute atomic E-state index is 0.117. The molecule has 6 heteroatoms. The van der Waals surface area contributed by atoms with Crippen LogP contribution in [0.15, 0.2) is 66.9 Å². The van der Waals surface area contributed by atoms with Gasteiger partial charge in [-0.25, -0.2) is 4.98 Å². The second kappa shape index (κ2) is 9.83. The second-order valence-corrected chi connectivity index (χ2v) is 8.51. The first-order chi connectivity index (χ1) is 15.5. The van der Waals surface area contributed by atoms with Gasteiger partial charge in [-0.15, -0.1) is 0 Å². The number of aromatic hydroxyl groups is 1. The molecule has 32 heavy (non-hydrogen) atoms. The summed E-state index contributed by atoms with van der Waals surface area (Å²) >= 11 is 0. The van der Waals surface area contributed by atoms with Crippen molar-refractivity contribution in [3.63, 3.8) is 0 Å². The molecule has 0 radical (unpaired) electrons. The summed E-state index contributed by atoms with van der Waals surface area (Å²) in [5.41, 5.74) is 3.59. The number of aryl methyl sites for hydroxylation is 1. The molecule has 1 aromatic heterocycles. The summed E-state index contributed by atoms with van der Waals surface area (Å²) < 4.78 is 0. The number of hydrogen-bond acceptors (Lipinski definition) is 5. The molecule has 6 nitrogen and oxygen atoms in total. The van der Waals surface area contributed by atoms with E-state index in [1.807, 2.05) is 55.5 Å². The lowest BCUT2D eigenvalue weighted by Gasteiger charge is -2.37. The van der Waals surface area contributed by atoms with Crippen LogP contribution in [0, 0.1) is 6.92 Å². The molecule has 1 saturated heterocycles. The average molecular weight is 431 g/mol. The molecule has 1 fully saturated rings. The molecule has 2 N–H and O–H groups in total. The van der Waals surface area contributed by atoms with Crippen molar-refractivity contribution in [2.75, 3.05) is 30.4 Å². The lowest BCUT2D eigenvalue weighted by molar-refractivity contribution is 0.102. The molecule has 0 saturated carbocycles. The Balaban J connectivity index is 1.34. The number of amides is 1. The third kappa shape index (κ3) is 5.45. The lowest BCUT2D eigenvalue weighted by atomic mass is 10.0. The van der Waals surface area contributed by atoms with Gasteiger partial charge in [0.05, 0.1) is 0 Å². The van der Waals surface area contributed by atoms with Crippen LogP contribution >= 0.6 is 0 Å². The van der Waals surface area contributed by atoms with Crippen LogP contribution in [0.5, 0.6) is 5.75 Å². The van der Waals surface area contributed by atoms with Gasteiger partial charge in [-0.05, 0) is 55.7 Å². The summed E-state index contributed by atoms with van der Waals surface area (Å²) in [7, 11) is 2.07. The van der Waals surface area contributed by atoms with Crippen LogP contribution in [0.25, 0.3) is 0 Å². The third-order valence-corrected chi connectivity index (χ3v) is 6.07. The van der Waals surface area contributed by atoms with Crippen LogP contribution < -0.4 is 10.2 Å². The van der Waals surface area contributed by atoms with Gasteiger partial charge in [0.1, 0.15) is 11.6 Å². The van der Waals surface area contributed by atoms with E-state index in [9.17, 15) is 9.90 Å². The number of anilines is 2. The number of likely N-dealkylation sites (tertiary alicyclic amines) is 1. The van der Waals surface area contributed by atoms with Crippen molar-refractivity contribution in [1.82, 2.24) is 9.88 Å². The highest BCUT2D eigenvalue weighted by Gasteiger charge is 2.23. The van der Waals surface area contributed by atoms with E-state index in [1.54, 1.807) is 12.3 Å². The Labute approximate surface area is 189 Å². The molecule has 0 spiro atoms. The van der Waals surface area contributed by atoms with Gasteiger partial charge in [0, 0.05) is 56.2 Å². The molecule has 166 valence electrons. The van der Waals surface area contributed by atoms with E-state index in [-0.39, 0.29) is 5.91 Å². The summed E-state index contributed by atoms with van der Waals surface area (Å²) in [6, 6.07) is 19.2. The number of carbonyl (C=O) groups excluding carboxylic acids is 1. The first-order valence-electron chi connectivity index (χ1n) is 11.0. The average Bonchev–Trinajstić information content (AvgIpc) is 2.79. The number of carbonyl (C=O) groups is 1. The maximum atomic E-state index is 12.6. The standard InChI is InChI=1S/C26H30N4O2/c1-19-5-3-7-21(15-19)26(32)28-22-9-12-27-25(17-22)29(2)23-10-13-30(14-11-23)18-20-6-4-8-24(31)16-20/h3-9,12,15-17,23,31H,10-11,13-14,18H2,1-2H3,(H,27,28,32). The maximum absolute atomic E-state index is 12.6. The van der Waals surface area contributed by atoms with E-state index in [0.29, 0.717) is 17.4 Å². The summed E-state index contributed by atoms with van der Waals surface area (Å²) in [5, 5.41) is 12.7. The van der Waals surface area contributed by atoms with Crippen LogP contribution in [-0.2, 0) is 6.54 Å². The Morgan fingerprint density at radius 2 is 1.91 bits per heavy atom. The van der Waals surface area contributed by atoms with Crippen LogP contribution in [0.2, 0.25) is 0 Å². The van der Waals surface area contributed by atoms with Crippen LogP contribution in [0.3, 0.4) is 0 Å². The number of piperidine rings is 1. The fraction of sp³-hybridized carbons (Fsp3) is 0.308. The molecule has 0 aliphatic carbocycles. The van der Waals surface area contributed by atoms with Crippen molar-refractivity contribution in [3.8, 4) is 5.75 Å². The Kier molecular flexibility index (Phi) is 6.71. The van der Waals surface area contributed by atoms with Crippen molar-refractivity contribution in [1.29, 1.82) is 0 Å². The Morgan fingerprint density at radius 3 is 2.66 bits per heavy atom. The van der Waals surface area contributed by atoms with E-state index < -0.39 is 0 Å². The normalized spacial score (nSPS) is 14.8. The van der Waals surface area contributed by atoms with E-state index in [4.69, 9.17) is 0 Å². The molecule has 0 atom stereocenters. The largest absolute Gasteiger partial charge is 0.508 e. The van der Waals surface area contributed by atoms with E-state index in [1.165, 1.54) is 0 Å². The third-order valence-electron chi connectivity index (χ3n) is 6.07. The number of benzene rings is 2. The number of aromatic nitrogens is 1. The lowest BCUT2D eigenvalue weighted by Crippen LogP contribution is -2.43. The van der Waals surface area contributed by atoms with Crippen molar-refractivity contribution in [3.05, 3.63) is 83.6 Å². The molecule has 2 aromatic carbocycles. The van der Waals surface area contributed by atoms with E-state index in [2.05, 4.69) is 33.2 Å². The zero-order chi connectivity index (χ0) is 22.5. The van der Waals surface area contributed by atoms with Gasteiger partial charge in [0.2, 0.25) is 0 Å². The number of phenolic OH excluding ortho intramolecular Hbond substituents is 1. The topological polar surface area (TPSA) is 68.7 Å². The smallest absolute Gasteiger partial charge is 0.255 e. The molecule has 0 bridgehead atoms. The van der Waals surface area contributed by atoms with E-state index in [0.717, 1.165) is 55.1 Å². The van der Waals surface area contributed by atoms with Crippen molar-refractivity contribution in [2.45, 2.75) is 32.4 Å². The van der Waals surface area contributed by atoms with Gasteiger partial charge in [-0.1, -0.05) is 29.8 Å². The monoisotopic (exact) mass is 430 g/mol. The summed E-state index contributed by atoms with van der Waals surface area (Å²) in [5.74, 6) is 1.06. The highest BCUT2D eigenvalue weighted by atomic mass is 16.3. The molecule has 1 amide bonds. The molecule has 2 heterocycles. The predicted molar refractivity (Wildman–Crippen MR) is 128 cm³/mol. The first-order valence-corrected chi connectivity index (χ1v) is 11.0. The van der Waals surface area contributed by atoms with Gasteiger partial charge >= 0.3 is 0 Å². The fourth-order valence-electron chi connectivity index (χ4n) is 4.24. The predicted octanol–water partition coefficient (Wildman–Crippen LogP) is 4.45. The molecular weight excluding hydrogens is 400 g/mol. The molecule has 4 rings (SSSR count). The number of pyridine rings is 1. The second-order valence-electron chi connectivity index (χ2n) is 8.51. The number of rotatable bonds is 6. The van der Waals surface area contributed by atoms with Crippen molar-refractivity contribution >= 4 is 17.4 Å². The Hall–Kier alpha value is -3.38. The molecular formula is C26H30N4O2. The summed E-state index contributed by atoms with van der Waals surface area (Å²) in [6.07, 6.45) is 3.82.